The first-order valence-corrected chi connectivity index (χ1v) is 10.0. The van der Waals surface area contributed by atoms with Crippen molar-refractivity contribution in [2.24, 2.45) is 4.36 Å². The van der Waals surface area contributed by atoms with E-state index in [1.165, 1.54) is 0 Å². The molecule has 0 amide bonds. The number of esters is 2. The van der Waals surface area contributed by atoms with Crippen LogP contribution in [0.2, 0.25) is 0 Å². The van der Waals surface area contributed by atoms with Crippen LogP contribution in [0, 0.1) is 0 Å². The molecule has 0 aromatic heterocycles. The van der Waals surface area contributed by atoms with E-state index in [9.17, 15) is 35.9 Å². The maximum atomic E-state index is 12.3. The molecule has 192 valence electrons. The number of alkyl halides is 6. The Morgan fingerprint density at radius 3 is 1.57 bits per heavy atom. The molecule has 0 saturated carbocycles. The molecule has 35 heavy (non-hydrogen) atoms. The summed E-state index contributed by atoms with van der Waals surface area (Å²) in [5, 5.41) is 0. The highest BCUT2D eigenvalue weighted by Crippen LogP contribution is 2.33. The number of carbonyl (C=O) groups excluding carboxylic acids is 2. The second-order valence-electron chi connectivity index (χ2n) is 5.83. The molecule has 0 heterocycles. The van der Waals surface area contributed by atoms with Gasteiger partial charge < -0.3 is 15.2 Å². The molecule has 0 unspecified atom stereocenters. The Morgan fingerprint density at radius 1 is 0.857 bits per heavy atom. The van der Waals surface area contributed by atoms with Crippen LogP contribution in [0.5, 0.6) is 0 Å². The van der Waals surface area contributed by atoms with Crippen LogP contribution >= 0.6 is 35.4 Å². The molecular weight excluding hydrogens is 569 g/mol. The predicted molar refractivity (Wildman–Crippen MR) is 124 cm³/mol. The zero-order valence-corrected chi connectivity index (χ0v) is 20.6. The zero-order chi connectivity index (χ0) is 27.6. The van der Waals surface area contributed by atoms with Gasteiger partial charge in [0, 0.05) is 18.1 Å². The van der Waals surface area contributed by atoms with Gasteiger partial charge in [0.05, 0.1) is 42.2 Å². The highest BCUT2D eigenvalue weighted by Gasteiger charge is 2.32. The summed E-state index contributed by atoms with van der Waals surface area (Å²) in [4.78, 5) is 22.2. The normalized spacial score (nSPS) is 10.6. The number of anilines is 1. The summed E-state index contributed by atoms with van der Waals surface area (Å²) < 4.78 is 85.5. The van der Waals surface area contributed by atoms with Crippen molar-refractivity contribution in [3.05, 3.63) is 58.7 Å². The zero-order valence-electron chi connectivity index (χ0n) is 17.5. The molecule has 0 aliphatic heterocycles. The summed E-state index contributed by atoms with van der Waals surface area (Å²) in [6.45, 7) is 0. The number of hydrogen-bond donors (Lipinski definition) is 1. The minimum absolute atomic E-state index is 0.0556. The lowest BCUT2D eigenvalue weighted by molar-refractivity contribution is -0.138. The van der Waals surface area contributed by atoms with Gasteiger partial charge >= 0.3 is 24.3 Å². The summed E-state index contributed by atoms with van der Waals surface area (Å²) in [6.07, 6.45) is -8.97. The topological polar surface area (TPSA) is 91.0 Å². The van der Waals surface area contributed by atoms with E-state index >= 15 is 0 Å². The quantitative estimate of drug-likeness (QED) is 0.142. The molecule has 6 nitrogen and oxygen atoms in total. The Kier molecular flexibility index (Phi) is 13.1. The third kappa shape index (κ3) is 11.2. The molecular formula is C19H14Cl2F6N2O4S2. The van der Waals surface area contributed by atoms with Gasteiger partial charge in [0.25, 0.3) is 0 Å². The standard InChI is InChI=1S/C9H6F3NO2S.C9H8F3NO2.CCl2S/c1-15-8(14)6-3-2-5(9(10,11)12)4-7(6)13-16;1-15-8(14)6-3-2-5(4-7(6)13)9(10,11)12;2-1(3)4/h2-4H,1H3;2-4H,13H2,1H3;. The number of benzene rings is 2. The Bertz CT molecular complexity index is 1080. The van der Waals surface area contributed by atoms with E-state index in [1.54, 1.807) is 0 Å². The van der Waals surface area contributed by atoms with E-state index in [4.69, 9.17) is 28.9 Å². The third-order valence-corrected chi connectivity index (χ3v) is 3.81. The molecule has 2 aromatic rings. The lowest BCUT2D eigenvalue weighted by Gasteiger charge is -2.09. The van der Waals surface area contributed by atoms with Crippen molar-refractivity contribution in [1.29, 1.82) is 0 Å². The highest BCUT2D eigenvalue weighted by atomic mass is 35.5. The van der Waals surface area contributed by atoms with Gasteiger partial charge in [-0.2, -0.15) is 30.7 Å². The summed E-state index contributed by atoms with van der Waals surface area (Å²) in [7, 11) is 2.24. The van der Waals surface area contributed by atoms with Gasteiger partial charge in [0.2, 0.25) is 0 Å². The van der Waals surface area contributed by atoms with E-state index < -0.39 is 35.4 Å². The first kappa shape index (κ1) is 32.5. The summed E-state index contributed by atoms with van der Waals surface area (Å²) in [6, 6.07) is 4.94. The Morgan fingerprint density at radius 2 is 1.23 bits per heavy atom. The van der Waals surface area contributed by atoms with Crippen molar-refractivity contribution in [2.45, 2.75) is 12.4 Å². The van der Waals surface area contributed by atoms with Gasteiger partial charge in [-0.1, -0.05) is 35.4 Å². The number of hydrogen-bond acceptors (Lipinski definition) is 8. The maximum absolute atomic E-state index is 12.3. The monoisotopic (exact) mass is 582 g/mol. The molecule has 0 atom stereocenters. The summed E-state index contributed by atoms with van der Waals surface area (Å²) in [5.41, 5.74) is 2.84. The molecule has 2 rings (SSSR count). The van der Waals surface area contributed by atoms with E-state index in [0.29, 0.717) is 12.1 Å². The van der Waals surface area contributed by atoms with Crippen molar-refractivity contribution in [1.82, 2.24) is 0 Å². The fourth-order valence-electron chi connectivity index (χ4n) is 2.10. The molecule has 0 fully saturated rings. The third-order valence-electron chi connectivity index (χ3n) is 3.61. The molecule has 16 heteroatoms. The first-order valence-electron chi connectivity index (χ1n) is 8.52. The summed E-state index contributed by atoms with van der Waals surface area (Å²) >= 11 is 17.9. The van der Waals surface area contributed by atoms with E-state index in [1.807, 2.05) is 0 Å². The predicted octanol–water partition coefficient (Wildman–Crippen LogP) is 6.68. The van der Waals surface area contributed by atoms with Crippen LogP contribution in [0.3, 0.4) is 0 Å². The van der Waals surface area contributed by atoms with Crippen molar-refractivity contribution in [2.75, 3.05) is 20.0 Å². The van der Waals surface area contributed by atoms with Crippen LogP contribution in [0.1, 0.15) is 31.8 Å². The van der Waals surface area contributed by atoms with Crippen molar-refractivity contribution in [3.63, 3.8) is 0 Å². The fourth-order valence-corrected chi connectivity index (χ4v) is 2.25. The van der Waals surface area contributed by atoms with E-state index in [2.05, 4.69) is 38.5 Å². The van der Waals surface area contributed by atoms with Gasteiger partial charge in [-0.05, 0) is 36.4 Å². The van der Waals surface area contributed by atoms with Crippen LogP contribution in [0.25, 0.3) is 0 Å². The smallest absolute Gasteiger partial charge is 0.416 e. The van der Waals surface area contributed by atoms with E-state index in [-0.39, 0.29) is 26.3 Å². The van der Waals surface area contributed by atoms with Crippen molar-refractivity contribution in [3.8, 4) is 0 Å². The largest absolute Gasteiger partial charge is 0.465 e. The molecule has 0 saturated heterocycles. The van der Waals surface area contributed by atoms with Gasteiger partial charge in [-0.25, -0.2) is 9.59 Å². The van der Waals surface area contributed by atoms with Crippen LogP contribution in [0.15, 0.2) is 40.8 Å². The minimum Gasteiger partial charge on any atom is -0.465 e. The SMILES string of the molecule is COC(=O)c1ccc(C(F)(F)F)cc1N.COC(=O)c1ccc(C(F)(F)F)cc1N=S.S=C(Cl)Cl. The lowest BCUT2D eigenvalue weighted by atomic mass is 10.1. The van der Waals surface area contributed by atoms with Crippen LogP contribution in [-0.4, -0.2) is 29.9 Å². The van der Waals surface area contributed by atoms with Crippen LogP contribution in [0.4, 0.5) is 37.7 Å². The van der Waals surface area contributed by atoms with Crippen LogP contribution < -0.4 is 5.73 Å². The highest BCUT2D eigenvalue weighted by molar-refractivity contribution is 7.86. The minimum atomic E-state index is -4.50. The number of rotatable bonds is 3. The van der Waals surface area contributed by atoms with Crippen molar-refractivity contribution < 1.29 is 45.4 Å². The number of carbonyl (C=O) groups is 2. The molecule has 0 aliphatic rings. The fraction of sp³-hybridized carbons (Fsp3) is 0.211. The number of nitrogens with zero attached hydrogens (tertiary/aromatic N) is 1. The molecule has 0 aliphatic carbocycles. The number of nitrogen functional groups attached to an aromatic ring is 1. The molecule has 0 bridgehead atoms. The number of methoxy groups -OCH3 is 2. The number of thiocarbonyl (C=S) groups is 1. The lowest BCUT2D eigenvalue weighted by Crippen LogP contribution is -2.10. The Labute approximate surface area is 215 Å². The van der Waals surface area contributed by atoms with E-state index in [0.717, 1.165) is 38.5 Å². The molecule has 0 spiro atoms. The molecule has 2 aromatic carbocycles. The van der Waals surface area contributed by atoms with Gasteiger partial charge in [0.1, 0.15) is 0 Å². The number of ether oxygens (including phenoxy) is 2. The Balaban J connectivity index is 0.000000574. The molecule has 0 radical (unpaired) electrons. The average molecular weight is 583 g/mol. The Hall–Kier alpha value is -2.55. The van der Waals surface area contributed by atoms with Crippen molar-refractivity contribution >= 4 is 74.9 Å². The van der Waals surface area contributed by atoms with Gasteiger partial charge in [-0.15, -0.1) is 0 Å². The number of nitrogens with two attached hydrogens (primary N) is 1. The second-order valence-corrected chi connectivity index (χ2v) is 7.82. The first-order chi connectivity index (χ1) is 16.0. The second kappa shape index (κ2) is 14.1. The van der Waals surface area contributed by atoms with Gasteiger partial charge in [0.15, 0.2) is 3.78 Å². The maximum Gasteiger partial charge on any atom is 0.416 e. The van der Waals surface area contributed by atoms with Gasteiger partial charge in [-0.3, -0.25) is 0 Å². The average Bonchev–Trinajstić information content (AvgIpc) is 2.76. The van der Waals surface area contributed by atoms with Crippen LogP contribution in [-0.2, 0) is 34.3 Å². The number of halogens is 8. The summed E-state index contributed by atoms with van der Waals surface area (Å²) in [5.74, 6) is -1.54. The molecule has 2 N–H and O–H groups in total.